The number of likely N-dealkylation sites (tertiary alicyclic amines) is 1. The summed E-state index contributed by atoms with van der Waals surface area (Å²) in [7, 11) is 3.36. The molecule has 186 valence electrons. The lowest BCUT2D eigenvalue weighted by molar-refractivity contribution is -0.143. The number of carbonyl (C=O) groups excluding carboxylic acids is 1. The molecular formula is C25H27N7O3S. The third-order valence-corrected chi connectivity index (χ3v) is 7.06. The fourth-order valence-corrected chi connectivity index (χ4v) is 5.04. The summed E-state index contributed by atoms with van der Waals surface area (Å²) in [5.41, 5.74) is 2.20. The van der Waals surface area contributed by atoms with Crippen LogP contribution >= 0.6 is 11.3 Å². The summed E-state index contributed by atoms with van der Waals surface area (Å²) < 4.78 is 6.99. The first-order valence-electron chi connectivity index (χ1n) is 11.6. The fraction of sp³-hybridized carbons (Fsp3) is 0.320. The number of aromatic nitrogens is 5. The second-order valence-electron chi connectivity index (χ2n) is 8.73. The molecule has 4 heterocycles. The summed E-state index contributed by atoms with van der Waals surface area (Å²) >= 11 is 1.48. The van der Waals surface area contributed by atoms with Gasteiger partial charge in [0.2, 0.25) is 5.95 Å². The lowest BCUT2D eigenvalue weighted by Gasteiger charge is -2.21. The van der Waals surface area contributed by atoms with Gasteiger partial charge >= 0.3 is 0 Å². The van der Waals surface area contributed by atoms with E-state index in [2.05, 4.69) is 20.4 Å². The van der Waals surface area contributed by atoms with Gasteiger partial charge in [-0.15, -0.1) is 11.3 Å². The maximum Gasteiger partial charge on any atom is 0.258 e. The number of amides is 1. The summed E-state index contributed by atoms with van der Waals surface area (Å²) in [6.07, 6.45) is 2.06. The Hall–Kier alpha value is -3.67. The van der Waals surface area contributed by atoms with E-state index in [4.69, 9.17) is 9.72 Å². The van der Waals surface area contributed by atoms with E-state index in [0.29, 0.717) is 49.0 Å². The number of aryl methyl sites for hydroxylation is 1. The Bertz CT molecular complexity index is 1400. The van der Waals surface area contributed by atoms with E-state index in [0.717, 1.165) is 22.1 Å². The number of likely N-dealkylation sites (N-methyl/N-ethyl adjacent to an activating group) is 1. The van der Waals surface area contributed by atoms with Crippen molar-refractivity contribution in [3.8, 4) is 22.0 Å². The summed E-state index contributed by atoms with van der Waals surface area (Å²) in [6.45, 7) is 3.61. The molecule has 1 aliphatic heterocycles. The molecule has 1 atom stereocenters. The van der Waals surface area contributed by atoms with Crippen molar-refractivity contribution in [3.05, 3.63) is 59.2 Å². The predicted octanol–water partition coefficient (Wildman–Crippen LogP) is 3.21. The Balaban J connectivity index is 1.38. The molecule has 4 aromatic rings. The van der Waals surface area contributed by atoms with Gasteiger partial charge in [0, 0.05) is 50.3 Å². The number of benzene rings is 1. The van der Waals surface area contributed by atoms with Crippen LogP contribution in [0.4, 0.5) is 11.8 Å². The molecule has 0 bridgehead atoms. The van der Waals surface area contributed by atoms with Crippen molar-refractivity contribution in [2.45, 2.75) is 25.5 Å². The molecule has 1 amide bonds. The number of thiazole rings is 1. The lowest BCUT2D eigenvalue weighted by atomic mass is 9.91. The Morgan fingerprint density at radius 3 is 2.86 bits per heavy atom. The van der Waals surface area contributed by atoms with Crippen molar-refractivity contribution in [2.75, 3.05) is 32.6 Å². The van der Waals surface area contributed by atoms with E-state index in [9.17, 15) is 9.90 Å². The zero-order chi connectivity index (χ0) is 25.3. The minimum absolute atomic E-state index is 0.278. The Morgan fingerprint density at radius 2 is 2.08 bits per heavy atom. The van der Waals surface area contributed by atoms with Crippen LogP contribution in [0.5, 0.6) is 0 Å². The third kappa shape index (κ3) is 4.60. The molecule has 3 aromatic heterocycles. The summed E-state index contributed by atoms with van der Waals surface area (Å²) in [5, 5.41) is 21.5. The smallest absolute Gasteiger partial charge is 0.258 e. The molecule has 36 heavy (non-hydrogen) atoms. The highest BCUT2D eigenvalue weighted by molar-refractivity contribution is 7.13. The minimum atomic E-state index is -1.49. The average Bonchev–Trinajstić information content (AvgIpc) is 3.58. The molecular weight excluding hydrogens is 478 g/mol. The van der Waals surface area contributed by atoms with Crippen LogP contribution in [0.3, 0.4) is 0 Å². The Labute approximate surface area is 212 Å². The summed E-state index contributed by atoms with van der Waals surface area (Å²) in [5.74, 6) is 0.940. The third-order valence-electron chi connectivity index (χ3n) is 6.17. The summed E-state index contributed by atoms with van der Waals surface area (Å²) in [6, 6.07) is 11.1. The second kappa shape index (κ2) is 9.76. The summed E-state index contributed by atoms with van der Waals surface area (Å²) in [4.78, 5) is 27.9. The number of methoxy groups -OCH3 is 1. The van der Waals surface area contributed by atoms with E-state index in [1.54, 1.807) is 31.3 Å². The number of hydrogen-bond donors (Lipinski definition) is 2. The maximum atomic E-state index is 12.5. The SMILES string of the molecule is COCCn1nc(C)cc1Nc1nccc(-c2csc(-c3cccc([C@]4(O)CCN(C)C4=O)c3)n2)n1. The monoisotopic (exact) mass is 505 g/mol. The molecule has 1 saturated heterocycles. The van der Waals surface area contributed by atoms with Crippen molar-refractivity contribution in [2.24, 2.45) is 0 Å². The molecule has 1 fully saturated rings. The van der Waals surface area contributed by atoms with Crippen LogP contribution in [0, 0.1) is 6.92 Å². The number of carbonyl (C=O) groups is 1. The van der Waals surface area contributed by atoms with Gasteiger partial charge < -0.3 is 20.1 Å². The Kier molecular flexibility index (Phi) is 6.52. The number of ether oxygens (including phenoxy) is 1. The van der Waals surface area contributed by atoms with Crippen LogP contribution < -0.4 is 5.32 Å². The van der Waals surface area contributed by atoms with Crippen molar-refractivity contribution < 1.29 is 14.6 Å². The molecule has 11 heteroatoms. The topological polar surface area (TPSA) is 118 Å². The highest BCUT2D eigenvalue weighted by Crippen LogP contribution is 2.36. The largest absolute Gasteiger partial charge is 0.383 e. The van der Waals surface area contributed by atoms with Crippen LogP contribution in [0.15, 0.2) is 48.0 Å². The van der Waals surface area contributed by atoms with Gasteiger partial charge in [-0.3, -0.25) is 4.79 Å². The first kappa shape index (κ1) is 24.0. The van der Waals surface area contributed by atoms with Crippen LogP contribution in [-0.2, 0) is 21.7 Å². The van der Waals surface area contributed by atoms with Crippen LogP contribution in [0.2, 0.25) is 0 Å². The molecule has 0 unspecified atom stereocenters. The molecule has 10 nitrogen and oxygen atoms in total. The molecule has 5 rings (SSSR count). The van der Waals surface area contributed by atoms with Crippen molar-refractivity contribution >= 4 is 29.0 Å². The fourth-order valence-electron chi connectivity index (χ4n) is 4.23. The number of aliphatic hydroxyl groups is 1. The van der Waals surface area contributed by atoms with Crippen molar-refractivity contribution in [1.29, 1.82) is 0 Å². The molecule has 0 radical (unpaired) electrons. The van der Waals surface area contributed by atoms with Gasteiger partial charge in [0.15, 0.2) is 5.60 Å². The first-order chi connectivity index (χ1) is 17.4. The number of nitrogens with zero attached hydrogens (tertiary/aromatic N) is 6. The van der Waals surface area contributed by atoms with Crippen LogP contribution in [-0.4, -0.2) is 68.0 Å². The van der Waals surface area contributed by atoms with Gasteiger partial charge in [-0.2, -0.15) is 5.10 Å². The standard InChI is InChI=1S/C25H27N7O3S/c1-16-13-21(32(30-16)11-12-35-3)29-24-26-9-7-19(28-24)20-15-36-22(27-20)17-5-4-6-18(14-17)25(34)8-10-31(2)23(25)33/h4-7,9,13-15,34H,8,10-12H2,1-3H3,(H,26,28,29)/t25-/m1/s1. The number of nitrogens with one attached hydrogen (secondary N) is 1. The molecule has 2 N–H and O–H groups in total. The van der Waals surface area contributed by atoms with Gasteiger partial charge in [-0.1, -0.05) is 18.2 Å². The number of anilines is 2. The predicted molar refractivity (Wildman–Crippen MR) is 137 cm³/mol. The Morgan fingerprint density at radius 1 is 1.22 bits per heavy atom. The number of rotatable bonds is 8. The lowest BCUT2D eigenvalue weighted by Crippen LogP contribution is -2.36. The zero-order valence-electron chi connectivity index (χ0n) is 20.3. The highest BCUT2D eigenvalue weighted by Gasteiger charge is 2.45. The van der Waals surface area contributed by atoms with Gasteiger partial charge in [0.1, 0.15) is 16.5 Å². The molecule has 0 spiro atoms. The molecule has 1 aliphatic rings. The maximum absolute atomic E-state index is 12.5. The van der Waals surface area contributed by atoms with E-state index in [-0.39, 0.29) is 5.91 Å². The van der Waals surface area contributed by atoms with Gasteiger partial charge in [-0.25, -0.2) is 19.6 Å². The van der Waals surface area contributed by atoms with E-state index in [1.807, 2.05) is 47.3 Å². The van der Waals surface area contributed by atoms with Crippen LogP contribution in [0.1, 0.15) is 17.7 Å². The van der Waals surface area contributed by atoms with Gasteiger partial charge in [0.05, 0.1) is 24.5 Å². The normalized spacial score (nSPS) is 17.7. The van der Waals surface area contributed by atoms with Crippen molar-refractivity contribution in [3.63, 3.8) is 0 Å². The van der Waals surface area contributed by atoms with E-state index < -0.39 is 5.60 Å². The molecule has 0 saturated carbocycles. The number of hydrogen-bond acceptors (Lipinski definition) is 9. The average molecular weight is 506 g/mol. The quantitative estimate of drug-likeness (QED) is 0.375. The van der Waals surface area contributed by atoms with E-state index in [1.165, 1.54) is 11.3 Å². The van der Waals surface area contributed by atoms with E-state index >= 15 is 0 Å². The highest BCUT2D eigenvalue weighted by atomic mass is 32.1. The second-order valence-corrected chi connectivity index (χ2v) is 9.59. The van der Waals surface area contributed by atoms with Crippen molar-refractivity contribution in [1.82, 2.24) is 29.6 Å². The minimum Gasteiger partial charge on any atom is -0.383 e. The first-order valence-corrected chi connectivity index (χ1v) is 12.4. The van der Waals surface area contributed by atoms with Gasteiger partial charge in [0.25, 0.3) is 5.91 Å². The zero-order valence-corrected chi connectivity index (χ0v) is 21.1. The van der Waals surface area contributed by atoms with Crippen LogP contribution in [0.25, 0.3) is 22.0 Å². The molecule has 1 aromatic carbocycles. The van der Waals surface area contributed by atoms with Gasteiger partial charge in [-0.05, 0) is 24.6 Å². The molecule has 0 aliphatic carbocycles.